The fourth-order valence-electron chi connectivity index (χ4n) is 3.00. The predicted molar refractivity (Wildman–Crippen MR) is 98.3 cm³/mol. The standard InChI is InChI=1S/C20H22N2O4/c1-14(15-7-3-2-4-8-15)26-18-10-6-5-9-17(18)21-20(25)22-12-11-16(13-22)19(23)24/h2-10,14,16H,11-13H2,1H3,(H,21,25)(H,23,24). The van der Waals surface area contributed by atoms with Gasteiger partial charge in [-0.25, -0.2) is 4.79 Å². The molecule has 0 saturated carbocycles. The molecule has 1 aliphatic rings. The number of hydrogen-bond acceptors (Lipinski definition) is 3. The zero-order valence-corrected chi connectivity index (χ0v) is 14.6. The maximum atomic E-state index is 12.5. The van der Waals surface area contributed by atoms with Gasteiger partial charge in [0.25, 0.3) is 0 Å². The van der Waals surface area contributed by atoms with Gasteiger partial charge in [-0.2, -0.15) is 0 Å². The van der Waals surface area contributed by atoms with E-state index in [0.717, 1.165) is 5.56 Å². The smallest absolute Gasteiger partial charge is 0.321 e. The van der Waals surface area contributed by atoms with E-state index < -0.39 is 11.9 Å². The van der Waals surface area contributed by atoms with Gasteiger partial charge >= 0.3 is 12.0 Å². The molecule has 2 unspecified atom stereocenters. The van der Waals surface area contributed by atoms with Gasteiger partial charge in [-0.3, -0.25) is 4.79 Å². The number of urea groups is 1. The minimum Gasteiger partial charge on any atom is -0.484 e. The Balaban J connectivity index is 1.67. The molecule has 136 valence electrons. The number of benzene rings is 2. The van der Waals surface area contributed by atoms with Gasteiger partial charge in [-0.15, -0.1) is 0 Å². The summed E-state index contributed by atoms with van der Waals surface area (Å²) in [4.78, 5) is 25.0. The highest BCUT2D eigenvalue weighted by Crippen LogP contribution is 2.29. The van der Waals surface area contributed by atoms with E-state index in [9.17, 15) is 9.59 Å². The Hall–Kier alpha value is -3.02. The molecule has 2 amide bonds. The summed E-state index contributed by atoms with van der Waals surface area (Å²) in [6.07, 6.45) is 0.309. The fraction of sp³-hybridized carbons (Fsp3) is 0.300. The molecule has 1 saturated heterocycles. The number of amides is 2. The van der Waals surface area contributed by atoms with Gasteiger partial charge in [0.05, 0.1) is 11.6 Å². The van der Waals surface area contributed by atoms with Crippen molar-refractivity contribution in [3.05, 3.63) is 60.2 Å². The first-order valence-corrected chi connectivity index (χ1v) is 8.64. The minimum absolute atomic E-state index is 0.169. The first kappa shape index (κ1) is 17.8. The lowest BCUT2D eigenvalue weighted by atomic mass is 10.1. The fourth-order valence-corrected chi connectivity index (χ4v) is 3.00. The van der Waals surface area contributed by atoms with Crippen molar-refractivity contribution in [3.63, 3.8) is 0 Å². The van der Waals surface area contributed by atoms with E-state index in [1.165, 1.54) is 4.90 Å². The summed E-state index contributed by atoms with van der Waals surface area (Å²) in [5.41, 5.74) is 1.61. The average molecular weight is 354 g/mol. The van der Waals surface area contributed by atoms with Crippen molar-refractivity contribution in [2.45, 2.75) is 19.4 Å². The van der Waals surface area contributed by atoms with E-state index in [4.69, 9.17) is 9.84 Å². The van der Waals surface area contributed by atoms with E-state index >= 15 is 0 Å². The van der Waals surface area contributed by atoms with Gasteiger partial charge < -0.3 is 20.1 Å². The normalized spacial score (nSPS) is 17.6. The number of carbonyl (C=O) groups excluding carboxylic acids is 1. The summed E-state index contributed by atoms with van der Waals surface area (Å²) < 4.78 is 6.03. The van der Waals surface area contributed by atoms with Crippen LogP contribution in [0.1, 0.15) is 25.0 Å². The number of aliphatic carboxylic acids is 1. The number of rotatable bonds is 5. The number of nitrogens with one attached hydrogen (secondary N) is 1. The van der Waals surface area contributed by atoms with Crippen LogP contribution in [0.4, 0.5) is 10.5 Å². The summed E-state index contributed by atoms with van der Waals surface area (Å²) in [5.74, 6) is -0.780. The van der Waals surface area contributed by atoms with Crippen LogP contribution in [-0.2, 0) is 4.79 Å². The Morgan fingerprint density at radius 1 is 1.15 bits per heavy atom. The Labute approximate surface area is 152 Å². The lowest BCUT2D eigenvalue weighted by molar-refractivity contribution is -0.141. The van der Waals surface area contributed by atoms with Crippen LogP contribution in [0.3, 0.4) is 0 Å². The van der Waals surface area contributed by atoms with E-state index in [-0.39, 0.29) is 18.7 Å². The lowest BCUT2D eigenvalue weighted by Gasteiger charge is -2.20. The number of hydrogen-bond donors (Lipinski definition) is 2. The van der Waals surface area contributed by atoms with Crippen molar-refractivity contribution in [2.75, 3.05) is 18.4 Å². The van der Waals surface area contributed by atoms with E-state index in [2.05, 4.69) is 5.32 Å². The predicted octanol–water partition coefficient (Wildman–Crippen LogP) is 3.77. The van der Waals surface area contributed by atoms with Crippen LogP contribution in [-0.4, -0.2) is 35.1 Å². The van der Waals surface area contributed by atoms with Crippen molar-refractivity contribution in [1.29, 1.82) is 0 Å². The largest absolute Gasteiger partial charge is 0.484 e. The second-order valence-electron chi connectivity index (χ2n) is 6.37. The maximum absolute atomic E-state index is 12.5. The summed E-state index contributed by atoms with van der Waals surface area (Å²) in [6, 6.07) is 16.8. The molecule has 1 fully saturated rings. The molecule has 26 heavy (non-hydrogen) atoms. The SMILES string of the molecule is CC(Oc1ccccc1NC(=O)N1CCC(C(=O)O)C1)c1ccccc1. The molecule has 3 rings (SSSR count). The highest BCUT2D eigenvalue weighted by atomic mass is 16.5. The molecule has 6 nitrogen and oxygen atoms in total. The molecule has 0 radical (unpaired) electrons. The highest BCUT2D eigenvalue weighted by Gasteiger charge is 2.31. The Kier molecular flexibility index (Phi) is 5.41. The third-order valence-electron chi connectivity index (χ3n) is 4.53. The van der Waals surface area contributed by atoms with Crippen LogP contribution in [0, 0.1) is 5.92 Å². The van der Waals surface area contributed by atoms with Crippen LogP contribution in [0.5, 0.6) is 5.75 Å². The number of anilines is 1. The van der Waals surface area contributed by atoms with Crippen LogP contribution in [0.2, 0.25) is 0 Å². The number of carbonyl (C=O) groups is 2. The molecular formula is C20H22N2O4. The van der Waals surface area contributed by atoms with Crippen molar-refractivity contribution in [1.82, 2.24) is 4.90 Å². The summed E-state index contributed by atoms with van der Waals surface area (Å²) in [5, 5.41) is 11.9. The molecule has 1 aliphatic heterocycles. The summed E-state index contributed by atoms with van der Waals surface area (Å²) >= 11 is 0. The minimum atomic E-state index is -0.860. The van der Waals surface area contributed by atoms with Gasteiger partial charge in [0.2, 0.25) is 0 Å². The molecule has 0 aliphatic carbocycles. The molecule has 0 spiro atoms. The third-order valence-corrected chi connectivity index (χ3v) is 4.53. The second-order valence-corrected chi connectivity index (χ2v) is 6.37. The van der Waals surface area contributed by atoms with Gasteiger partial charge in [0.15, 0.2) is 0 Å². The quantitative estimate of drug-likeness (QED) is 0.857. The molecule has 2 aromatic carbocycles. The number of carboxylic acids is 1. The Morgan fingerprint density at radius 2 is 1.85 bits per heavy atom. The number of likely N-dealkylation sites (tertiary alicyclic amines) is 1. The zero-order chi connectivity index (χ0) is 18.5. The van der Waals surface area contributed by atoms with Crippen molar-refractivity contribution < 1.29 is 19.4 Å². The van der Waals surface area contributed by atoms with Crippen LogP contribution in [0.15, 0.2) is 54.6 Å². The van der Waals surface area contributed by atoms with Crippen LogP contribution in [0.25, 0.3) is 0 Å². The number of ether oxygens (including phenoxy) is 1. The summed E-state index contributed by atoms with van der Waals surface area (Å²) in [6.45, 7) is 2.61. The molecule has 1 heterocycles. The maximum Gasteiger partial charge on any atom is 0.321 e. The Morgan fingerprint density at radius 3 is 2.54 bits per heavy atom. The molecule has 2 aromatic rings. The molecule has 0 bridgehead atoms. The first-order valence-electron chi connectivity index (χ1n) is 8.64. The number of nitrogens with zero attached hydrogens (tertiary/aromatic N) is 1. The summed E-state index contributed by atoms with van der Waals surface area (Å²) in [7, 11) is 0. The van der Waals surface area contributed by atoms with Crippen molar-refractivity contribution >= 4 is 17.7 Å². The van der Waals surface area contributed by atoms with E-state index in [1.54, 1.807) is 12.1 Å². The van der Waals surface area contributed by atoms with E-state index in [1.807, 2.05) is 49.4 Å². The molecule has 6 heteroatoms. The van der Waals surface area contributed by atoms with Gasteiger partial charge in [0, 0.05) is 13.1 Å². The molecule has 0 aromatic heterocycles. The zero-order valence-electron chi connectivity index (χ0n) is 14.6. The van der Waals surface area contributed by atoms with Gasteiger partial charge in [0.1, 0.15) is 11.9 Å². The molecular weight excluding hydrogens is 332 g/mol. The van der Waals surface area contributed by atoms with Gasteiger partial charge in [-0.05, 0) is 31.0 Å². The highest BCUT2D eigenvalue weighted by molar-refractivity contribution is 5.91. The van der Waals surface area contributed by atoms with Crippen LogP contribution >= 0.6 is 0 Å². The topological polar surface area (TPSA) is 78.9 Å². The van der Waals surface area contributed by atoms with Gasteiger partial charge in [-0.1, -0.05) is 42.5 Å². The number of para-hydroxylation sites is 2. The van der Waals surface area contributed by atoms with E-state index in [0.29, 0.717) is 24.4 Å². The third kappa shape index (κ3) is 4.14. The average Bonchev–Trinajstić information content (AvgIpc) is 3.15. The molecule has 2 atom stereocenters. The second kappa shape index (κ2) is 7.91. The molecule has 2 N–H and O–H groups in total. The first-order chi connectivity index (χ1) is 12.5. The van der Waals surface area contributed by atoms with Crippen molar-refractivity contribution in [3.8, 4) is 5.75 Å². The monoisotopic (exact) mass is 354 g/mol. The lowest BCUT2D eigenvalue weighted by Crippen LogP contribution is -2.33. The van der Waals surface area contributed by atoms with Crippen molar-refractivity contribution in [2.24, 2.45) is 5.92 Å². The Bertz CT molecular complexity index is 778. The van der Waals surface area contributed by atoms with Crippen LogP contribution < -0.4 is 10.1 Å². The number of carboxylic acid groups (broad SMARTS) is 1.